The Bertz CT molecular complexity index is 834. The molecule has 284 valence electrons. The van der Waals surface area contributed by atoms with E-state index in [0.717, 1.165) is 68.9 Å². The third-order valence-corrected chi connectivity index (χ3v) is 10.3. The van der Waals surface area contributed by atoms with Crippen LogP contribution in [0.5, 0.6) is 0 Å². The first-order valence-electron chi connectivity index (χ1n) is 20.8. The third kappa shape index (κ3) is 25.0. The molecule has 2 amide bonds. The second-order valence-electron chi connectivity index (χ2n) is 15.5. The number of unbranched alkanes of at least 4 members (excludes halogenated alkanes) is 14. The number of nitrogens with one attached hydrogen (secondary N) is 2. The van der Waals surface area contributed by atoms with Gasteiger partial charge in [-0.3, -0.25) is 9.59 Å². The van der Waals surface area contributed by atoms with Crippen LogP contribution in [-0.4, -0.2) is 81.0 Å². The van der Waals surface area contributed by atoms with Crippen LogP contribution in [-0.2, 0) is 19.1 Å². The summed E-state index contributed by atoms with van der Waals surface area (Å²) in [5.74, 6) is 0.329. The summed E-state index contributed by atoms with van der Waals surface area (Å²) >= 11 is 0. The van der Waals surface area contributed by atoms with E-state index in [1.807, 2.05) is 0 Å². The van der Waals surface area contributed by atoms with E-state index in [9.17, 15) is 9.59 Å². The molecule has 2 aliphatic heterocycles. The number of hydrogen-bond donors (Lipinski definition) is 2. The Morgan fingerprint density at radius 2 is 0.939 bits per heavy atom. The van der Waals surface area contributed by atoms with E-state index in [1.54, 1.807) is 0 Å². The number of quaternary nitrogens is 1. The van der Waals surface area contributed by atoms with Crippen molar-refractivity contribution in [1.82, 2.24) is 10.6 Å². The van der Waals surface area contributed by atoms with Crippen LogP contribution in [0.3, 0.4) is 0 Å². The molecular formula is C42H78N3O4+. The number of carbonyl (C=O) groups is 2. The molecule has 2 heterocycles. The molecule has 0 aromatic heterocycles. The maximum atomic E-state index is 12.3. The second kappa shape index (κ2) is 28.0. The molecule has 2 N–H and O–H groups in total. The standard InChI is InChI=1S/C42H77N3O4/c1-5-7-21-27-37-39(48-37)29-23-17-13-9-11-15-19-25-31-41(46)43-33-35-45(3,4)36-34-44-42(47)32-26-20-16-12-10-14-18-24-30-40-38(49-40)28-22-8-6-2/h17-18,23-24,37-40H,5-16,19-22,25-36H2,1-4H3,(H-,43,44,46,47)/p+1/b23-17+,24-18+. The van der Waals surface area contributed by atoms with Crippen molar-refractivity contribution in [2.75, 3.05) is 40.3 Å². The number of ether oxygens (including phenoxy) is 2. The van der Waals surface area contributed by atoms with Gasteiger partial charge in [-0.25, -0.2) is 0 Å². The molecule has 4 unspecified atom stereocenters. The van der Waals surface area contributed by atoms with Gasteiger partial charge >= 0.3 is 0 Å². The molecule has 7 heteroatoms. The summed E-state index contributed by atoms with van der Waals surface area (Å²) in [4.78, 5) is 24.6. The molecule has 49 heavy (non-hydrogen) atoms. The van der Waals surface area contributed by atoms with Crippen LogP contribution in [0.4, 0.5) is 0 Å². The van der Waals surface area contributed by atoms with Crippen molar-refractivity contribution < 1.29 is 23.5 Å². The van der Waals surface area contributed by atoms with Crippen LogP contribution < -0.4 is 10.6 Å². The fourth-order valence-corrected chi connectivity index (χ4v) is 6.61. The van der Waals surface area contributed by atoms with E-state index in [0.29, 0.717) is 50.3 Å². The number of rotatable bonds is 34. The second-order valence-corrected chi connectivity index (χ2v) is 15.5. The lowest BCUT2D eigenvalue weighted by molar-refractivity contribution is -0.887. The molecule has 4 atom stereocenters. The van der Waals surface area contributed by atoms with Gasteiger partial charge in [0, 0.05) is 12.8 Å². The lowest BCUT2D eigenvalue weighted by Gasteiger charge is -2.30. The van der Waals surface area contributed by atoms with Crippen LogP contribution in [0.1, 0.15) is 168 Å². The van der Waals surface area contributed by atoms with Gasteiger partial charge in [-0.05, 0) is 64.2 Å². The molecule has 0 radical (unpaired) electrons. The molecule has 2 aliphatic rings. The number of allylic oxidation sites excluding steroid dienone is 2. The molecule has 0 aromatic carbocycles. The number of epoxide rings is 2. The van der Waals surface area contributed by atoms with Gasteiger partial charge < -0.3 is 24.6 Å². The first kappa shape index (κ1) is 43.5. The van der Waals surface area contributed by atoms with Crippen LogP contribution in [0.25, 0.3) is 0 Å². The summed E-state index contributed by atoms with van der Waals surface area (Å²) in [5, 5.41) is 6.20. The average molecular weight is 689 g/mol. The molecule has 2 fully saturated rings. The zero-order valence-electron chi connectivity index (χ0n) is 32.5. The Morgan fingerprint density at radius 3 is 1.37 bits per heavy atom. The van der Waals surface area contributed by atoms with Crippen molar-refractivity contribution in [3.63, 3.8) is 0 Å². The molecule has 2 rings (SSSR count). The predicted octanol–water partition coefficient (Wildman–Crippen LogP) is 9.34. The lowest BCUT2D eigenvalue weighted by atomic mass is 10.1. The zero-order valence-corrected chi connectivity index (χ0v) is 32.5. The maximum absolute atomic E-state index is 12.3. The summed E-state index contributed by atoms with van der Waals surface area (Å²) in [6, 6.07) is 0. The van der Waals surface area contributed by atoms with Crippen molar-refractivity contribution in [3.05, 3.63) is 24.3 Å². The minimum absolute atomic E-state index is 0.165. The first-order valence-corrected chi connectivity index (χ1v) is 20.8. The van der Waals surface area contributed by atoms with Gasteiger partial charge in [0.05, 0.1) is 64.7 Å². The van der Waals surface area contributed by atoms with Crippen molar-refractivity contribution in [2.45, 2.75) is 192 Å². The Morgan fingerprint density at radius 1 is 0.531 bits per heavy atom. The average Bonchev–Trinajstić information content (AvgIpc) is 4.00. The van der Waals surface area contributed by atoms with E-state index < -0.39 is 0 Å². The third-order valence-electron chi connectivity index (χ3n) is 10.3. The lowest BCUT2D eigenvalue weighted by Crippen LogP contribution is -2.49. The quantitative estimate of drug-likeness (QED) is 0.0306. The number of hydrogen-bond acceptors (Lipinski definition) is 4. The van der Waals surface area contributed by atoms with Crippen LogP contribution in [0.2, 0.25) is 0 Å². The molecule has 0 bridgehead atoms. The Kier molecular flexibility index (Phi) is 24.8. The molecule has 0 spiro atoms. The van der Waals surface area contributed by atoms with E-state index in [-0.39, 0.29) is 11.8 Å². The highest BCUT2D eigenvalue weighted by molar-refractivity contribution is 5.76. The van der Waals surface area contributed by atoms with Gasteiger partial charge in [-0.15, -0.1) is 0 Å². The van der Waals surface area contributed by atoms with Gasteiger partial charge in [-0.2, -0.15) is 0 Å². The molecule has 0 aliphatic carbocycles. The van der Waals surface area contributed by atoms with E-state index in [4.69, 9.17) is 9.47 Å². The largest absolute Gasteiger partial charge is 0.369 e. The van der Waals surface area contributed by atoms with E-state index >= 15 is 0 Å². The predicted molar refractivity (Wildman–Crippen MR) is 206 cm³/mol. The summed E-state index contributed by atoms with van der Waals surface area (Å²) in [5.41, 5.74) is 0. The van der Waals surface area contributed by atoms with Crippen LogP contribution in [0.15, 0.2) is 24.3 Å². The Labute approximate surface area is 302 Å². The number of nitrogens with zero attached hydrogens (tertiary/aromatic N) is 1. The molecule has 0 saturated carbocycles. The number of likely N-dealkylation sites (N-methyl/N-ethyl adjacent to an activating group) is 1. The summed E-state index contributed by atoms with van der Waals surface area (Å²) in [7, 11) is 4.33. The fourth-order valence-electron chi connectivity index (χ4n) is 6.61. The SMILES string of the molecule is CCCCCC1OC1C/C=C/CCCCCCCC(=O)NCC[N+](C)(C)CCNC(=O)CCCCCCC/C=C/CC1OC1CCCCC. The van der Waals surface area contributed by atoms with E-state index in [2.05, 4.69) is 62.9 Å². The van der Waals surface area contributed by atoms with Crippen molar-refractivity contribution in [2.24, 2.45) is 0 Å². The number of carbonyl (C=O) groups excluding carboxylic acids is 2. The summed E-state index contributed by atoms with van der Waals surface area (Å²) < 4.78 is 12.3. The van der Waals surface area contributed by atoms with Gasteiger partial charge in [0.25, 0.3) is 0 Å². The zero-order chi connectivity index (χ0) is 35.4. The number of amides is 2. The van der Waals surface area contributed by atoms with Crippen LogP contribution >= 0.6 is 0 Å². The molecule has 2 saturated heterocycles. The first-order chi connectivity index (χ1) is 23.8. The van der Waals surface area contributed by atoms with Crippen LogP contribution in [0, 0.1) is 0 Å². The van der Waals surface area contributed by atoms with Gasteiger partial charge in [0.15, 0.2) is 0 Å². The molecule has 7 nitrogen and oxygen atoms in total. The highest BCUT2D eigenvalue weighted by Crippen LogP contribution is 2.31. The highest BCUT2D eigenvalue weighted by Gasteiger charge is 2.37. The van der Waals surface area contributed by atoms with Gasteiger partial charge in [0.2, 0.25) is 11.8 Å². The summed E-state index contributed by atoms with van der Waals surface area (Å²) in [6.45, 7) is 7.60. The minimum Gasteiger partial charge on any atom is -0.369 e. The maximum Gasteiger partial charge on any atom is 0.220 e. The van der Waals surface area contributed by atoms with E-state index in [1.165, 1.54) is 89.9 Å². The van der Waals surface area contributed by atoms with Crippen molar-refractivity contribution in [3.8, 4) is 0 Å². The Balaban J connectivity index is 1.30. The molecular weight excluding hydrogens is 610 g/mol. The fraction of sp³-hybridized carbons (Fsp3) is 0.857. The monoisotopic (exact) mass is 689 g/mol. The topological polar surface area (TPSA) is 83.3 Å². The smallest absolute Gasteiger partial charge is 0.220 e. The highest BCUT2D eigenvalue weighted by atomic mass is 16.6. The summed E-state index contributed by atoms with van der Waals surface area (Å²) in [6.07, 6.45) is 38.8. The normalized spacial score (nSPS) is 20.3. The van der Waals surface area contributed by atoms with Gasteiger partial charge in [-0.1, -0.05) is 115 Å². The van der Waals surface area contributed by atoms with Crippen molar-refractivity contribution >= 4 is 11.8 Å². The minimum atomic E-state index is 0.165. The Hall–Kier alpha value is -1.70. The molecule has 0 aromatic rings. The van der Waals surface area contributed by atoms with Crippen molar-refractivity contribution in [1.29, 1.82) is 0 Å². The van der Waals surface area contributed by atoms with Gasteiger partial charge in [0.1, 0.15) is 0 Å².